The van der Waals surface area contributed by atoms with Crippen LogP contribution in [0.2, 0.25) is 10.0 Å². The molecule has 2 rings (SSSR count). The monoisotopic (exact) mass is 383 g/mol. The fourth-order valence-corrected chi connectivity index (χ4v) is 2.27. The first-order valence-corrected chi connectivity index (χ1v) is 7.37. The summed E-state index contributed by atoms with van der Waals surface area (Å²) in [6.07, 6.45) is 0. The number of ketones is 1. The van der Waals surface area contributed by atoms with Crippen molar-refractivity contribution in [1.82, 2.24) is 0 Å². The molecule has 0 N–H and O–H groups in total. The maximum absolute atomic E-state index is 12.0. The van der Waals surface area contributed by atoms with Gasteiger partial charge in [-0.3, -0.25) is 4.79 Å². The van der Waals surface area contributed by atoms with E-state index in [2.05, 4.69) is 15.9 Å². The average Bonchev–Trinajstić information content (AvgIpc) is 2.48. The van der Waals surface area contributed by atoms with Gasteiger partial charge in [-0.05, 0) is 36.4 Å². The molecule has 0 radical (unpaired) electrons. The number of rotatable bonds is 4. The van der Waals surface area contributed by atoms with E-state index in [-0.39, 0.29) is 12.4 Å². The van der Waals surface area contributed by atoms with Gasteiger partial charge in [0.2, 0.25) is 0 Å². The van der Waals surface area contributed by atoms with Crippen molar-refractivity contribution >= 4 is 44.9 Å². The summed E-state index contributed by atoms with van der Waals surface area (Å²) in [5, 5.41) is 9.72. The Labute approximate surface area is 140 Å². The highest BCUT2D eigenvalue weighted by Gasteiger charge is 2.11. The first kappa shape index (κ1) is 15.8. The van der Waals surface area contributed by atoms with Crippen molar-refractivity contribution in [3.8, 4) is 11.8 Å². The Kier molecular flexibility index (Phi) is 5.24. The van der Waals surface area contributed by atoms with E-state index in [4.69, 9.17) is 33.2 Å². The summed E-state index contributed by atoms with van der Waals surface area (Å²) in [6, 6.07) is 11.6. The summed E-state index contributed by atoms with van der Waals surface area (Å²) in [6.45, 7) is -0.186. The predicted molar refractivity (Wildman–Crippen MR) is 85.1 cm³/mol. The second-order valence-electron chi connectivity index (χ2n) is 4.09. The molecule has 0 spiro atoms. The van der Waals surface area contributed by atoms with E-state index in [0.29, 0.717) is 26.9 Å². The SMILES string of the molecule is N#Cc1cc(Br)ccc1OCC(=O)c1ccc(Cl)c(Cl)c1. The Morgan fingerprint density at radius 2 is 1.95 bits per heavy atom. The van der Waals surface area contributed by atoms with Crippen molar-refractivity contribution in [2.75, 3.05) is 6.61 Å². The molecule has 0 amide bonds. The van der Waals surface area contributed by atoms with E-state index in [1.807, 2.05) is 6.07 Å². The molecule has 3 nitrogen and oxygen atoms in total. The smallest absolute Gasteiger partial charge is 0.200 e. The second-order valence-corrected chi connectivity index (χ2v) is 5.82. The van der Waals surface area contributed by atoms with Crippen molar-refractivity contribution in [1.29, 1.82) is 5.26 Å². The van der Waals surface area contributed by atoms with E-state index in [9.17, 15) is 4.79 Å². The molecule has 0 aromatic heterocycles. The minimum Gasteiger partial charge on any atom is -0.484 e. The Balaban J connectivity index is 2.11. The lowest BCUT2D eigenvalue weighted by atomic mass is 10.1. The molecule has 0 atom stereocenters. The van der Waals surface area contributed by atoms with Crippen LogP contribution in [0, 0.1) is 11.3 Å². The van der Waals surface area contributed by atoms with Gasteiger partial charge in [-0.1, -0.05) is 39.1 Å². The standard InChI is InChI=1S/C15H8BrCl2NO2/c16-11-2-4-15(10(5-11)7-19)21-8-14(20)9-1-3-12(17)13(18)6-9/h1-6H,8H2. The highest BCUT2D eigenvalue weighted by Crippen LogP contribution is 2.24. The predicted octanol–water partition coefficient (Wildman–Crippen LogP) is 4.89. The first-order valence-electron chi connectivity index (χ1n) is 5.82. The number of ether oxygens (including phenoxy) is 1. The van der Waals surface area contributed by atoms with E-state index in [1.54, 1.807) is 30.3 Å². The van der Waals surface area contributed by atoms with Crippen LogP contribution in [-0.4, -0.2) is 12.4 Å². The van der Waals surface area contributed by atoms with Crippen LogP contribution in [0.3, 0.4) is 0 Å². The number of Topliss-reactive ketones (excluding diaryl/α,β-unsaturated/α-hetero) is 1. The largest absolute Gasteiger partial charge is 0.484 e. The number of hydrogen-bond donors (Lipinski definition) is 0. The molecule has 0 saturated heterocycles. The lowest BCUT2D eigenvalue weighted by molar-refractivity contribution is 0.0921. The second kappa shape index (κ2) is 6.95. The summed E-state index contributed by atoms with van der Waals surface area (Å²) in [5.41, 5.74) is 0.756. The molecular formula is C15H8BrCl2NO2. The fourth-order valence-electron chi connectivity index (χ4n) is 1.61. The number of nitrogens with zero attached hydrogens (tertiary/aromatic N) is 1. The molecule has 0 heterocycles. The molecule has 0 aliphatic carbocycles. The molecule has 6 heteroatoms. The van der Waals surface area contributed by atoms with Crippen molar-refractivity contribution in [3.05, 3.63) is 62.0 Å². The van der Waals surface area contributed by atoms with Crippen LogP contribution in [0.4, 0.5) is 0 Å². The third-order valence-electron chi connectivity index (χ3n) is 2.66. The molecule has 0 aliphatic heterocycles. The lowest BCUT2D eigenvalue weighted by Gasteiger charge is -2.08. The molecule has 0 aliphatic rings. The molecule has 0 fully saturated rings. The van der Waals surface area contributed by atoms with Crippen molar-refractivity contribution in [2.24, 2.45) is 0 Å². The Morgan fingerprint density at radius 1 is 1.19 bits per heavy atom. The fraction of sp³-hybridized carbons (Fsp3) is 0.0667. The average molecular weight is 385 g/mol. The highest BCUT2D eigenvalue weighted by atomic mass is 79.9. The zero-order valence-corrected chi connectivity index (χ0v) is 13.7. The molecule has 0 unspecified atom stereocenters. The molecule has 0 saturated carbocycles. The normalized spacial score (nSPS) is 10.0. The number of halogens is 3. The van der Waals surface area contributed by atoms with Crippen LogP contribution < -0.4 is 4.74 Å². The summed E-state index contributed by atoms with van der Waals surface area (Å²) in [7, 11) is 0. The van der Waals surface area contributed by atoms with Gasteiger partial charge in [-0.2, -0.15) is 5.26 Å². The van der Waals surface area contributed by atoms with Crippen LogP contribution in [0.15, 0.2) is 40.9 Å². The minimum atomic E-state index is -0.250. The quantitative estimate of drug-likeness (QED) is 0.705. The summed E-state index contributed by atoms with van der Waals surface area (Å²) < 4.78 is 6.17. The van der Waals surface area contributed by atoms with Crippen LogP contribution in [0.25, 0.3) is 0 Å². The summed E-state index contributed by atoms with van der Waals surface area (Å²) in [4.78, 5) is 12.0. The Bertz CT molecular complexity index is 741. The maximum atomic E-state index is 12.0. The van der Waals surface area contributed by atoms with Gasteiger partial charge in [0.1, 0.15) is 11.8 Å². The van der Waals surface area contributed by atoms with Crippen molar-refractivity contribution in [2.45, 2.75) is 0 Å². The molecular weight excluding hydrogens is 377 g/mol. The molecule has 2 aromatic carbocycles. The molecule has 0 bridgehead atoms. The summed E-state index contributed by atoms with van der Waals surface area (Å²) >= 11 is 14.9. The number of hydrogen-bond acceptors (Lipinski definition) is 3. The van der Waals surface area contributed by atoms with Gasteiger partial charge in [-0.15, -0.1) is 0 Å². The molecule has 2 aromatic rings. The highest BCUT2D eigenvalue weighted by molar-refractivity contribution is 9.10. The number of carbonyl (C=O) groups is 1. The number of carbonyl (C=O) groups excluding carboxylic acids is 1. The Morgan fingerprint density at radius 3 is 2.62 bits per heavy atom. The number of benzene rings is 2. The van der Waals surface area contributed by atoms with E-state index >= 15 is 0 Å². The van der Waals surface area contributed by atoms with Gasteiger partial charge in [-0.25, -0.2) is 0 Å². The third-order valence-corrected chi connectivity index (χ3v) is 3.89. The zero-order chi connectivity index (χ0) is 15.4. The van der Waals surface area contributed by atoms with E-state index in [1.165, 1.54) is 6.07 Å². The van der Waals surface area contributed by atoms with E-state index in [0.717, 1.165) is 4.47 Å². The van der Waals surface area contributed by atoms with Crippen LogP contribution in [0.5, 0.6) is 5.75 Å². The molecule has 21 heavy (non-hydrogen) atoms. The van der Waals surface area contributed by atoms with Gasteiger partial charge >= 0.3 is 0 Å². The first-order chi connectivity index (χ1) is 10.0. The Hall–Kier alpha value is -1.54. The van der Waals surface area contributed by atoms with Crippen LogP contribution >= 0.6 is 39.1 Å². The van der Waals surface area contributed by atoms with Gasteiger partial charge in [0.25, 0.3) is 0 Å². The number of nitriles is 1. The van der Waals surface area contributed by atoms with Crippen LogP contribution in [-0.2, 0) is 0 Å². The van der Waals surface area contributed by atoms with Gasteiger partial charge in [0.15, 0.2) is 12.4 Å². The van der Waals surface area contributed by atoms with Crippen LogP contribution in [0.1, 0.15) is 15.9 Å². The van der Waals surface area contributed by atoms with Gasteiger partial charge < -0.3 is 4.74 Å². The molecule has 106 valence electrons. The lowest BCUT2D eigenvalue weighted by Crippen LogP contribution is -2.12. The zero-order valence-electron chi connectivity index (χ0n) is 10.6. The van der Waals surface area contributed by atoms with E-state index < -0.39 is 0 Å². The topological polar surface area (TPSA) is 50.1 Å². The minimum absolute atomic E-state index is 0.186. The van der Waals surface area contributed by atoms with Gasteiger partial charge in [0, 0.05) is 10.0 Å². The van der Waals surface area contributed by atoms with Crippen molar-refractivity contribution < 1.29 is 9.53 Å². The third kappa shape index (κ3) is 3.98. The van der Waals surface area contributed by atoms with Gasteiger partial charge in [0.05, 0.1) is 15.6 Å². The maximum Gasteiger partial charge on any atom is 0.200 e. The summed E-state index contributed by atoms with van der Waals surface area (Å²) in [5.74, 6) is 0.106. The van der Waals surface area contributed by atoms with Crippen molar-refractivity contribution in [3.63, 3.8) is 0 Å².